The van der Waals surface area contributed by atoms with Crippen LogP contribution in [0.25, 0.3) is 0 Å². The molecule has 0 atom stereocenters. The standard InChI is InChI=1S/C13H7BrN2O3/c14-13-7-12(4-1-9(13)8-15)19-11-5-2-10(3-6-11)16(17)18/h1-7H. The Kier molecular flexibility index (Phi) is 3.78. The van der Waals surface area contributed by atoms with Gasteiger partial charge in [-0.15, -0.1) is 0 Å². The maximum Gasteiger partial charge on any atom is 0.269 e. The van der Waals surface area contributed by atoms with E-state index in [-0.39, 0.29) is 5.69 Å². The van der Waals surface area contributed by atoms with Gasteiger partial charge in [0.1, 0.15) is 17.6 Å². The van der Waals surface area contributed by atoms with Crippen molar-refractivity contribution in [2.24, 2.45) is 0 Å². The van der Waals surface area contributed by atoms with Crippen molar-refractivity contribution in [2.45, 2.75) is 0 Å². The van der Waals surface area contributed by atoms with Crippen LogP contribution in [0, 0.1) is 21.4 Å². The number of hydrogen-bond acceptors (Lipinski definition) is 4. The monoisotopic (exact) mass is 318 g/mol. The topological polar surface area (TPSA) is 76.2 Å². The zero-order chi connectivity index (χ0) is 13.8. The van der Waals surface area contributed by atoms with Gasteiger partial charge in [0.2, 0.25) is 0 Å². The Labute approximate surface area is 117 Å². The number of halogens is 1. The predicted molar refractivity (Wildman–Crippen MR) is 72.0 cm³/mol. The van der Waals surface area contributed by atoms with Crippen molar-refractivity contribution < 1.29 is 9.66 Å². The fourth-order valence-corrected chi connectivity index (χ4v) is 1.87. The molecule has 0 amide bonds. The van der Waals surface area contributed by atoms with Gasteiger partial charge in [0.15, 0.2) is 0 Å². The van der Waals surface area contributed by atoms with Crippen molar-refractivity contribution >= 4 is 21.6 Å². The summed E-state index contributed by atoms with van der Waals surface area (Å²) in [6.45, 7) is 0. The van der Waals surface area contributed by atoms with Crippen LogP contribution in [0.4, 0.5) is 5.69 Å². The van der Waals surface area contributed by atoms with E-state index >= 15 is 0 Å². The quantitative estimate of drug-likeness (QED) is 0.632. The molecule has 94 valence electrons. The van der Waals surface area contributed by atoms with Gasteiger partial charge in [-0.25, -0.2) is 0 Å². The van der Waals surface area contributed by atoms with Gasteiger partial charge in [0.05, 0.1) is 10.5 Å². The number of nitriles is 1. The Hall–Kier alpha value is -2.39. The lowest BCUT2D eigenvalue weighted by molar-refractivity contribution is -0.384. The normalized spacial score (nSPS) is 9.68. The first-order valence-corrected chi connectivity index (χ1v) is 6.01. The van der Waals surface area contributed by atoms with Crippen LogP contribution >= 0.6 is 15.9 Å². The van der Waals surface area contributed by atoms with Crippen LogP contribution in [0.15, 0.2) is 46.9 Å². The molecule has 0 bridgehead atoms. The number of nitrogens with zero attached hydrogens (tertiary/aromatic N) is 2. The Morgan fingerprint density at radius 1 is 1.16 bits per heavy atom. The summed E-state index contributed by atoms with van der Waals surface area (Å²) in [5.74, 6) is 1.03. The SMILES string of the molecule is N#Cc1ccc(Oc2ccc([N+](=O)[O-])cc2)cc1Br. The Bertz CT molecular complexity index is 663. The maximum absolute atomic E-state index is 10.5. The van der Waals surface area contributed by atoms with Crippen LogP contribution < -0.4 is 4.74 Å². The molecule has 2 aromatic rings. The van der Waals surface area contributed by atoms with Crippen molar-refractivity contribution in [3.05, 3.63) is 62.6 Å². The van der Waals surface area contributed by atoms with Crippen LogP contribution in [-0.2, 0) is 0 Å². The molecule has 0 saturated carbocycles. The molecule has 0 fully saturated rings. The van der Waals surface area contributed by atoms with Gasteiger partial charge < -0.3 is 4.74 Å². The number of nitro groups is 1. The lowest BCUT2D eigenvalue weighted by Gasteiger charge is -2.06. The highest BCUT2D eigenvalue weighted by Crippen LogP contribution is 2.27. The molecule has 2 rings (SSSR count). The molecule has 0 N–H and O–H groups in total. The van der Waals surface area contributed by atoms with E-state index in [1.165, 1.54) is 24.3 Å². The van der Waals surface area contributed by atoms with Crippen LogP contribution in [0.5, 0.6) is 11.5 Å². The van der Waals surface area contributed by atoms with Crippen molar-refractivity contribution in [3.63, 3.8) is 0 Å². The third kappa shape index (κ3) is 3.09. The molecule has 0 aromatic heterocycles. The molecule has 2 aromatic carbocycles. The van der Waals surface area contributed by atoms with Crippen LogP contribution in [0.3, 0.4) is 0 Å². The Morgan fingerprint density at radius 3 is 2.32 bits per heavy atom. The Morgan fingerprint density at radius 2 is 1.79 bits per heavy atom. The number of nitro benzene ring substituents is 1. The molecular formula is C13H7BrN2O3. The van der Waals surface area contributed by atoms with Gasteiger partial charge >= 0.3 is 0 Å². The van der Waals surface area contributed by atoms with E-state index in [4.69, 9.17) is 10.00 Å². The van der Waals surface area contributed by atoms with E-state index in [2.05, 4.69) is 15.9 Å². The molecular weight excluding hydrogens is 312 g/mol. The Balaban J connectivity index is 2.19. The largest absolute Gasteiger partial charge is 0.457 e. The third-order valence-corrected chi connectivity index (χ3v) is 3.00. The zero-order valence-electron chi connectivity index (χ0n) is 9.54. The van der Waals surface area contributed by atoms with E-state index in [0.717, 1.165) is 0 Å². The first kappa shape index (κ1) is 13.1. The van der Waals surface area contributed by atoms with Gasteiger partial charge in [-0.2, -0.15) is 5.26 Å². The number of benzene rings is 2. The molecule has 0 aliphatic rings. The number of ether oxygens (including phenoxy) is 1. The van der Waals surface area contributed by atoms with Gasteiger partial charge in [0.25, 0.3) is 5.69 Å². The van der Waals surface area contributed by atoms with E-state index in [1.54, 1.807) is 18.2 Å². The number of rotatable bonds is 3. The minimum absolute atomic E-state index is 0.00774. The molecule has 0 aliphatic carbocycles. The first-order chi connectivity index (χ1) is 9.10. The van der Waals surface area contributed by atoms with Crippen LogP contribution in [-0.4, -0.2) is 4.92 Å². The zero-order valence-corrected chi connectivity index (χ0v) is 11.1. The number of non-ortho nitro benzene ring substituents is 1. The summed E-state index contributed by atoms with van der Waals surface area (Å²) >= 11 is 3.26. The van der Waals surface area contributed by atoms with Crippen molar-refractivity contribution in [1.29, 1.82) is 5.26 Å². The minimum Gasteiger partial charge on any atom is -0.457 e. The summed E-state index contributed by atoms with van der Waals surface area (Å²) in [6.07, 6.45) is 0. The van der Waals surface area contributed by atoms with Crippen molar-refractivity contribution in [1.82, 2.24) is 0 Å². The van der Waals surface area contributed by atoms with Gasteiger partial charge in [-0.3, -0.25) is 10.1 Å². The fourth-order valence-electron chi connectivity index (χ4n) is 1.42. The number of hydrogen-bond donors (Lipinski definition) is 0. The van der Waals surface area contributed by atoms with E-state index in [1.807, 2.05) is 6.07 Å². The maximum atomic E-state index is 10.5. The van der Waals surface area contributed by atoms with Crippen LogP contribution in [0.2, 0.25) is 0 Å². The lowest BCUT2D eigenvalue weighted by atomic mass is 10.2. The summed E-state index contributed by atoms with van der Waals surface area (Å²) in [5, 5.41) is 19.3. The van der Waals surface area contributed by atoms with E-state index in [9.17, 15) is 10.1 Å². The van der Waals surface area contributed by atoms with E-state index in [0.29, 0.717) is 21.5 Å². The smallest absolute Gasteiger partial charge is 0.269 e. The summed E-state index contributed by atoms with van der Waals surface area (Å²) < 4.78 is 6.17. The summed E-state index contributed by atoms with van der Waals surface area (Å²) in [7, 11) is 0. The molecule has 0 aliphatic heterocycles. The molecule has 5 nitrogen and oxygen atoms in total. The van der Waals surface area contributed by atoms with E-state index < -0.39 is 4.92 Å². The second kappa shape index (κ2) is 5.50. The lowest BCUT2D eigenvalue weighted by Crippen LogP contribution is -1.89. The summed E-state index contributed by atoms with van der Waals surface area (Å²) in [6, 6.07) is 12.8. The molecule has 0 saturated heterocycles. The molecule has 19 heavy (non-hydrogen) atoms. The molecule has 6 heteroatoms. The second-order valence-electron chi connectivity index (χ2n) is 3.61. The minimum atomic E-state index is -0.470. The van der Waals surface area contributed by atoms with Gasteiger partial charge in [-0.1, -0.05) is 0 Å². The second-order valence-corrected chi connectivity index (χ2v) is 4.46. The average molecular weight is 319 g/mol. The highest BCUT2D eigenvalue weighted by atomic mass is 79.9. The predicted octanol–water partition coefficient (Wildman–Crippen LogP) is 4.02. The first-order valence-electron chi connectivity index (χ1n) is 5.22. The van der Waals surface area contributed by atoms with Crippen LogP contribution in [0.1, 0.15) is 5.56 Å². The van der Waals surface area contributed by atoms with Gasteiger partial charge in [-0.05, 0) is 46.3 Å². The molecule has 0 spiro atoms. The highest BCUT2D eigenvalue weighted by Gasteiger charge is 2.06. The van der Waals surface area contributed by atoms with Gasteiger partial charge in [0, 0.05) is 16.6 Å². The average Bonchev–Trinajstić information content (AvgIpc) is 2.39. The fraction of sp³-hybridized carbons (Fsp3) is 0. The van der Waals surface area contributed by atoms with Crippen molar-refractivity contribution in [3.8, 4) is 17.6 Å². The third-order valence-electron chi connectivity index (χ3n) is 2.34. The highest BCUT2D eigenvalue weighted by molar-refractivity contribution is 9.10. The summed E-state index contributed by atoms with van der Waals surface area (Å²) in [4.78, 5) is 10.0. The molecule has 0 unspecified atom stereocenters. The molecule has 0 heterocycles. The van der Waals surface area contributed by atoms with Crippen molar-refractivity contribution in [2.75, 3.05) is 0 Å². The molecule has 0 radical (unpaired) electrons. The summed E-state index contributed by atoms with van der Waals surface area (Å²) in [5.41, 5.74) is 0.518.